The van der Waals surface area contributed by atoms with Crippen LogP contribution in [0.4, 0.5) is 13.2 Å². The van der Waals surface area contributed by atoms with Gasteiger partial charge in [-0.15, -0.1) is 0 Å². The Labute approximate surface area is 98.2 Å². The van der Waals surface area contributed by atoms with E-state index in [4.69, 9.17) is 0 Å². The van der Waals surface area contributed by atoms with Crippen LogP contribution in [0.1, 0.15) is 35.6 Å². The van der Waals surface area contributed by atoms with Crippen molar-refractivity contribution in [3.8, 4) is 0 Å². The van der Waals surface area contributed by atoms with Crippen molar-refractivity contribution in [2.45, 2.75) is 31.5 Å². The van der Waals surface area contributed by atoms with Gasteiger partial charge in [0, 0.05) is 12.6 Å². The van der Waals surface area contributed by atoms with Crippen LogP contribution in [0, 0.1) is 0 Å². The standard InChI is InChI=1S/C13H14F3N/c14-13(15,16)11-4-1-3-10-9(11)6-8-17-7-2-5-12(10)17/h1,3-4,12H,2,5-8H2. The second kappa shape index (κ2) is 3.73. The van der Waals surface area contributed by atoms with Gasteiger partial charge in [0.15, 0.2) is 0 Å². The Balaban J connectivity index is 2.09. The van der Waals surface area contributed by atoms with Crippen LogP contribution >= 0.6 is 0 Å². The van der Waals surface area contributed by atoms with E-state index in [1.807, 2.05) is 6.07 Å². The van der Waals surface area contributed by atoms with E-state index in [1.54, 1.807) is 6.07 Å². The zero-order valence-electron chi connectivity index (χ0n) is 9.43. The van der Waals surface area contributed by atoms with Crippen LogP contribution in [0.5, 0.6) is 0 Å². The second-order valence-electron chi connectivity index (χ2n) is 4.82. The number of hydrogen-bond donors (Lipinski definition) is 0. The zero-order chi connectivity index (χ0) is 12.0. The van der Waals surface area contributed by atoms with E-state index < -0.39 is 11.7 Å². The van der Waals surface area contributed by atoms with Gasteiger partial charge < -0.3 is 0 Å². The summed E-state index contributed by atoms with van der Waals surface area (Å²) < 4.78 is 38.7. The molecule has 4 heteroatoms. The summed E-state index contributed by atoms with van der Waals surface area (Å²) in [4.78, 5) is 2.31. The summed E-state index contributed by atoms with van der Waals surface area (Å²) >= 11 is 0. The maximum absolute atomic E-state index is 12.9. The highest BCUT2D eigenvalue weighted by Crippen LogP contribution is 2.42. The van der Waals surface area contributed by atoms with Crippen LogP contribution in [-0.2, 0) is 12.6 Å². The Kier molecular flexibility index (Phi) is 2.43. The molecule has 0 spiro atoms. The topological polar surface area (TPSA) is 3.24 Å². The van der Waals surface area contributed by atoms with Gasteiger partial charge in [-0.25, -0.2) is 0 Å². The third-order valence-corrected chi connectivity index (χ3v) is 3.89. The van der Waals surface area contributed by atoms with E-state index in [9.17, 15) is 13.2 Å². The molecule has 0 saturated carbocycles. The van der Waals surface area contributed by atoms with Gasteiger partial charge in [-0.1, -0.05) is 12.1 Å². The van der Waals surface area contributed by atoms with Crippen LogP contribution < -0.4 is 0 Å². The van der Waals surface area contributed by atoms with E-state index in [1.165, 1.54) is 6.07 Å². The third kappa shape index (κ3) is 1.75. The summed E-state index contributed by atoms with van der Waals surface area (Å²) in [5, 5.41) is 0. The molecule has 1 unspecified atom stereocenters. The Morgan fingerprint density at radius 1 is 1.18 bits per heavy atom. The van der Waals surface area contributed by atoms with Crippen LogP contribution in [0.2, 0.25) is 0 Å². The van der Waals surface area contributed by atoms with Crippen LogP contribution in [0.3, 0.4) is 0 Å². The van der Waals surface area contributed by atoms with E-state index in [-0.39, 0.29) is 6.04 Å². The predicted octanol–water partition coefficient (Wildman–Crippen LogP) is 3.40. The molecule has 0 bridgehead atoms. The molecule has 0 N–H and O–H groups in total. The van der Waals surface area contributed by atoms with Gasteiger partial charge in [-0.05, 0) is 43.0 Å². The maximum Gasteiger partial charge on any atom is 0.416 e. The first-order valence-corrected chi connectivity index (χ1v) is 6.00. The molecule has 0 amide bonds. The molecule has 0 aliphatic carbocycles. The van der Waals surface area contributed by atoms with Crippen molar-refractivity contribution < 1.29 is 13.2 Å². The average molecular weight is 241 g/mol. The first-order chi connectivity index (χ1) is 8.07. The van der Waals surface area contributed by atoms with Gasteiger partial charge in [0.25, 0.3) is 0 Å². The predicted molar refractivity (Wildman–Crippen MR) is 58.7 cm³/mol. The number of halogens is 3. The number of fused-ring (bicyclic) bond motifs is 3. The van der Waals surface area contributed by atoms with Gasteiger partial charge >= 0.3 is 6.18 Å². The summed E-state index contributed by atoms with van der Waals surface area (Å²) in [6, 6.07) is 4.85. The molecule has 1 aromatic rings. The summed E-state index contributed by atoms with van der Waals surface area (Å²) in [5.41, 5.74) is 1.01. The minimum absolute atomic E-state index is 0.223. The van der Waals surface area contributed by atoms with E-state index >= 15 is 0 Å². The lowest BCUT2D eigenvalue weighted by Gasteiger charge is -2.33. The van der Waals surface area contributed by atoms with Crippen molar-refractivity contribution in [2.75, 3.05) is 13.1 Å². The zero-order valence-corrected chi connectivity index (χ0v) is 9.43. The summed E-state index contributed by atoms with van der Waals surface area (Å²) in [7, 11) is 0. The number of rotatable bonds is 0. The van der Waals surface area contributed by atoms with Crippen molar-refractivity contribution in [3.05, 3.63) is 34.9 Å². The normalized spacial score (nSPS) is 24.5. The smallest absolute Gasteiger partial charge is 0.296 e. The van der Waals surface area contributed by atoms with Crippen LogP contribution in [-0.4, -0.2) is 18.0 Å². The molecule has 1 saturated heterocycles. The summed E-state index contributed by atoms with van der Waals surface area (Å²) in [6.45, 7) is 1.80. The van der Waals surface area contributed by atoms with Crippen molar-refractivity contribution in [1.82, 2.24) is 4.90 Å². The number of hydrogen-bond acceptors (Lipinski definition) is 1. The van der Waals surface area contributed by atoms with E-state index in [0.29, 0.717) is 12.0 Å². The first-order valence-electron chi connectivity index (χ1n) is 6.00. The molecule has 3 rings (SSSR count). The Hall–Kier alpha value is -1.03. The molecule has 92 valence electrons. The molecule has 1 atom stereocenters. The fourth-order valence-corrected chi connectivity index (χ4v) is 3.16. The highest BCUT2D eigenvalue weighted by atomic mass is 19.4. The Morgan fingerprint density at radius 3 is 2.76 bits per heavy atom. The van der Waals surface area contributed by atoms with Crippen molar-refractivity contribution >= 4 is 0 Å². The van der Waals surface area contributed by atoms with Crippen LogP contribution in [0.15, 0.2) is 18.2 Å². The molecule has 1 fully saturated rings. The van der Waals surface area contributed by atoms with Crippen LogP contribution in [0.25, 0.3) is 0 Å². The third-order valence-electron chi connectivity index (χ3n) is 3.89. The molecule has 1 nitrogen and oxygen atoms in total. The molecule has 0 aromatic heterocycles. The molecular formula is C13H14F3N. The van der Waals surface area contributed by atoms with Crippen molar-refractivity contribution in [3.63, 3.8) is 0 Å². The molecule has 0 radical (unpaired) electrons. The number of benzene rings is 1. The lowest BCUT2D eigenvalue weighted by atomic mass is 9.89. The average Bonchev–Trinajstić information content (AvgIpc) is 2.75. The first kappa shape index (κ1) is 11.1. The van der Waals surface area contributed by atoms with Crippen molar-refractivity contribution in [2.24, 2.45) is 0 Å². The van der Waals surface area contributed by atoms with E-state index in [2.05, 4.69) is 4.90 Å². The van der Waals surface area contributed by atoms with Gasteiger partial charge in [0.2, 0.25) is 0 Å². The van der Waals surface area contributed by atoms with E-state index in [0.717, 1.165) is 31.5 Å². The second-order valence-corrected chi connectivity index (χ2v) is 4.82. The molecule has 2 heterocycles. The quantitative estimate of drug-likeness (QED) is 0.673. The van der Waals surface area contributed by atoms with Gasteiger partial charge in [-0.3, -0.25) is 4.90 Å². The molecule has 1 aromatic carbocycles. The Morgan fingerprint density at radius 2 is 2.00 bits per heavy atom. The summed E-state index contributed by atoms with van der Waals surface area (Å²) in [6.07, 6.45) is -1.59. The minimum atomic E-state index is -4.22. The molecular weight excluding hydrogens is 227 g/mol. The Bertz CT molecular complexity index is 439. The fraction of sp³-hybridized carbons (Fsp3) is 0.538. The molecule has 2 aliphatic rings. The maximum atomic E-state index is 12.9. The monoisotopic (exact) mass is 241 g/mol. The summed E-state index contributed by atoms with van der Waals surface area (Å²) in [5.74, 6) is 0. The van der Waals surface area contributed by atoms with Crippen molar-refractivity contribution in [1.29, 1.82) is 0 Å². The van der Waals surface area contributed by atoms with Gasteiger partial charge in [0.05, 0.1) is 5.56 Å². The number of nitrogens with zero attached hydrogens (tertiary/aromatic N) is 1. The SMILES string of the molecule is FC(F)(F)c1cccc2c1CCN1CCCC21. The largest absolute Gasteiger partial charge is 0.416 e. The lowest BCUT2D eigenvalue weighted by Crippen LogP contribution is -2.32. The molecule has 17 heavy (non-hydrogen) atoms. The fourth-order valence-electron chi connectivity index (χ4n) is 3.16. The van der Waals surface area contributed by atoms with Gasteiger partial charge in [-0.2, -0.15) is 13.2 Å². The van der Waals surface area contributed by atoms with Gasteiger partial charge in [0.1, 0.15) is 0 Å². The highest BCUT2D eigenvalue weighted by Gasteiger charge is 2.38. The lowest BCUT2D eigenvalue weighted by molar-refractivity contribution is -0.138. The molecule has 2 aliphatic heterocycles. The number of alkyl halides is 3. The highest BCUT2D eigenvalue weighted by molar-refractivity contribution is 5.41. The minimum Gasteiger partial charge on any atom is -0.296 e.